The zero-order valence-corrected chi connectivity index (χ0v) is 26.4. The molecule has 4 heterocycles. The second kappa shape index (κ2) is 12.3. The van der Waals surface area contributed by atoms with Gasteiger partial charge in [0.25, 0.3) is 5.91 Å². The zero-order valence-electron chi connectivity index (χ0n) is 25.6. The number of benzene rings is 3. The summed E-state index contributed by atoms with van der Waals surface area (Å²) in [5.74, 6) is -2.82. The summed E-state index contributed by atoms with van der Waals surface area (Å²) < 4.78 is 51.5. The first-order chi connectivity index (χ1) is 22.7. The number of hydrogen-bond donors (Lipinski definition) is 0. The fraction of sp³-hybridized carbons (Fsp3) is 0.371. The lowest BCUT2D eigenvalue weighted by molar-refractivity contribution is -0.131. The van der Waals surface area contributed by atoms with E-state index in [4.69, 9.17) is 27.9 Å². The van der Waals surface area contributed by atoms with Gasteiger partial charge in [0.15, 0.2) is 11.6 Å². The molecule has 0 unspecified atom stereocenters. The van der Waals surface area contributed by atoms with Gasteiger partial charge in [0.1, 0.15) is 29.8 Å². The maximum Gasteiger partial charge on any atom is 0.319 e. The summed E-state index contributed by atoms with van der Waals surface area (Å²) in [6, 6.07) is 10.8. The van der Waals surface area contributed by atoms with Crippen LogP contribution in [0.2, 0.25) is 5.02 Å². The number of carbonyl (C=O) groups excluding carboxylic acids is 1. The van der Waals surface area contributed by atoms with Crippen molar-refractivity contribution in [2.45, 2.75) is 37.3 Å². The predicted molar refractivity (Wildman–Crippen MR) is 175 cm³/mol. The van der Waals surface area contributed by atoms with E-state index in [1.54, 1.807) is 36.4 Å². The van der Waals surface area contributed by atoms with Gasteiger partial charge in [-0.05, 0) is 61.9 Å². The van der Waals surface area contributed by atoms with Gasteiger partial charge >= 0.3 is 6.01 Å². The van der Waals surface area contributed by atoms with E-state index in [2.05, 4.69) is 21.3 Å². The Labute approximate surface area is 275 Å². The number of hydrogen-bond acceptors (Lipinski definition) is 6. The summed E-state index contributed by atoms with van der Waals surface area (Å²) >= 11 is 6.41. The summed E-state index contributed by atoms with van der Waals surface area (Å²) in [6.45, 7) is 13.4. The molecule has 3 saturated heterocycles. The van der Waals surface area contributed by atoms with Gasteiger partial charge in [-0.3, -0.25) is 9.69 Å². The molecule has 7 rings (SSSR count). The number of amides is 1. The van der Waals surface area contributed by atoms with Gasteiger partial charge in [-0.25, -0.2) is 19.7 Å². The molecule has 1 aromatic heterocycles. The van der Waals surface area contributed by atoms with Gasteiger partial charge in [0.2, 0.25) is 6.54 Å². The van der Waals surface area contributed by atoms with Gasteiger partial charge in [-0.1, -0.05) is 48.5 Å². The van der Waals surface area contributed by atoms with E-state index >= 15 is 4.39 Å². The largest absolute Gasteiger partial charge is 0.461 e. The Morgan fingerprint density at radius 1 is 1.06 bits per heavy atom. The Hall–Kier alpha value is -4.40. The molecular weight excluding hydrogens is 629 g/mol. The molecule has 3 aromatic carbocycles. The lowest BCUT2D eigenvalue weighted by atomic mass is 9.95. The number of carbonyl (C=O) groups is 1. The molecule has 0 saturated carbocycles. The van der Waals surface area contributed by atoms with E-state index in [0.717, 1.165) is 38.8 Å². The molecule has 4 aromatic rings. The Bertz CT molecular complexity index is 1960. The topological polar surface area (TPSA) is 66.2 Å². The van der Waals surface area contributed by atoms with E-state index in [0.29, 0.717) is 34.1 Å². The highest BCUT2D eigenvalue weighted by Crippen LogP contribution is 2.41. The average molecular weight is 661 g/mol. The molecule has 12 heteroatoms. The van der Waals surface area contributed by atoms with Crippen molar-refractivity contribution in [2.24, 2.45) is 0 Å². The Morgan fingerprint density at radius 2 is 1.85 bits per heavy atom. The van der Waals surface area contributed by atoms with Crippen molar-refractivity contribution in [2.75, 3.05) is 50.8 Å². The maximum absolute atomic E-state index is 16.8. The van der Waals surface area contributed by atoms with E-state index in [9.17, 15) is 13.6 Å². The number of nitrogens with zero attached hydrogens (tertiary/aromatic N) is 6. The third-order valence-corrected chi connectivity index (χ3v) is 10.2. The summed E-state index contributed by atoms with van der Waals surface area (Å²) in [5.41, 5.74) is 0.502. The van der Waals surface area contributed by atoms with Crippen LogP contribution >= 0.6 is 11.6 Å². The average Bonchev–Trinajstić information content (AvgIpc) is 3.66. The summed E-state index contributed by atoms with van der Waals surface area (Å²) in [6.07, 6.45) is 4.16. The smallest absolute Gasteiger partial charge is 0.319 e. The van der Waals surface area contributed by atoms with Crippen molar-refractivity contribution in [3.8, 4) is 17.1 Å². The van der Waals surface area contributed by atoms with Crippen LogP contribution in [0.4, 0.5) is 19.0 Å². The van der Waals surface area contributed by atoms with Crippen LogP contribution in [0.3, 0.4) is 0 Å². The molecular formula is C35H32ClF3N6O2. The maximum atomic E-state index is 16.8. The minimum Gasteiger partial charge on any atom is -0.461 e. The minimum atomic E-state index is -1.09. The van der Waals surface area contributed by atoms with Gasteiger partial charge in [0.05, 0.1) is 10.6 Å². The molecule has 3 aliphatic heterocycles. The molecule has 242 valence electrons. The van der Waals surface area contributed by atoms with Gasteiger partial charge in [-0.2, -0.15) is 9.97 Å². The quantitative estimate of drug-likeness (QED) is 0.160. The highest BCUT2D eigenvalue weighted by Gasteiger charge is 2.45. The number of aromatic nitrogens is 2. The summed E-state index contributed by atoms with van der Waals surface area (Å²) in [5, 5.41) is 1.34. The first-order valence-electron chi connectivity index (χ1n) is 15.7. The van der Waals surface area contributed by atoms with Gasteiger partial charge < -0.3 is 19.4 Å². The van der Waals surface area contributed by atoms with Gasteiger partial charge in [-0.15, -0.1) is 0 Å². The molecule has 8 nitrogen and oxygen atoms in total. The SMILES string of the molecule is [C-]#[N+]C[C@H]1CN(c2nc(OCC34CCCN3CCC4)nc3c(F)c(-c4cccc5ccc(F)c(Cl)c45)ccc23)CCN1C(=O)C(=C)F. The van der Waals surface area contributed by atoms with Crippen molar-refractivity contribution in [1.29, 1.82) is 0 Å². The standard InChI is InChI=1S/C35H32ClF3N6O2/c1-21(37)33(46)45-17-16-43(19-23(45)18-40-2)32-26-10-9-25(24-7-3-6-22-8-11-27(38)29(36)28(22)24)30(39)31(26)41-34(42-32)47-20-35-12-4-14-44(35)15-5-13-35/h3,6-11,23H,1,4-5,12-20H2/t23-/m0/s1. The number of fused-ring (bicyclic) bond motifs is 3. The molecule has 0 aliphatic carbocycles. The summed E-state index contributed by atoms with van der Waals surface area (Å²) in [4.78, 5) is 31.0. The highest BCUT2D eigenvalue weighted by atomic mass is 35.5. The van der Waals surface area contributed by atoms with Crippen LogP contribution in [0.5, 0.6) is 6.01 Å². The van der Waals surface area contributed by atoms with Crippen molar-refractivity contribution < 1.29 is 22.7 Å². The van der Waals surface area contributed by atoms with Crippen LogP contribution < -0.4 is 9.64 Å². The Kier molecular flexibility index (Phi) is 8.18. The lowest BCUT2D eigenvalue weighted by Crippen LogP contribution is -2.56. The predicted octanol–water partition coefficient (Wildman–Crippen LogP) is 6.81. The second-order valence-electron chi connectivity index (χ2n) is 12.5. The Morgan fingerprint density at radius 3 is 2.60 bits per heavy atom. The zero-order chi connectivity index (χ0) is 32.9. The van der Waals surface area contributed by atoms with Gasteiger partial charge in [0, 0.05) is 36.0 Å². The molecule has 3 fully saturated rings. The first-order valence-corrected chi connectivity index (χ1v) is 16.1. The normalized spacial score (nSPS) is 19.3. The molecule has 3 aliphatic rings. The van der Waals surface area contributed by atoms with E-state index in [1.165, 1.54) is 11.0 Å². The third kappa shape index (κ3) is 5.43. The first kappa shape index (κ1) is 31.2. The van der Waals surface area contributed by atoms with Crippen LogP contribution in [-0.4, -0.2) is 83.1 Å². The monoisotopic (exact) mass is 660 g/mol. The van der Waals surface area contributed by atoms with E-state index < -0.39 is 29.4 Å². The van der Waals surface area contributed by atoms with Crippen LogP contribution in [-0.2, 0) is 4.79 Å². The Balaban J connectivity index is 1.34. The number of anilines is 1. The molecule has 1 amide bonds. The molecule has 0 radical (unpaired) electrons. The lowest BCUT2D eigenvalue weighted by Gasteiger charge is -2.39. The summed E-state index contributed by atoms with van der Waals surface area (Å²) in [7, 11) is 0. The van der Waals surface area contributed by atoms with Crippen LogP contribution in [0, 0.1) is 18.2 Å². The van der Waals surface area contributed by atoms with E-state index in [1.807, 2.05) is 4.90 Å². The van der Waals surface area contributed by atoms with Crippen LogP contribution in [0.15, 0.2) is 54.9 Å². The number of piperazine rings is 1. The number of rotatable bonds is 7. The van der Waals surface area contributed by atoms with Crippen LogP contribution in [0.25, 0.3) is 37.6 Å². The third-order valence-electron chi connectivity index (χ3n) is 9.85. The molecule has 0 N–H and O–H groups in total. The number of halogens is 4. The van der Waals surface area contributed by atoms with Crippen molar-refractivity contribution >= 4 is 45.0 Å². The second-order valence-corrected chi connectivity index (χ2v) is 12.8. The van der Waals surface area contributed by atoms with Crippen molar-refractivity contribution in [3.05, 3.63) is 82.9 Å². The number of ether oxygens (including phenoxy) is 1. The van der Waals surface area contributed by atoms with Crippen molar-refractivity contribution in [3.63, 3.8) is 0 Å². The fourth-order valence-corrected chi connectivity index (χ4v) is 7.84. The van der Waals surface area contributed by atoms with Crippen LogP contribution in [0.1, 0.15) is 25.7 Å². The highest BCUT2D eigenvalue weighted by molar-refractivity contribution is 6.37. The molecule has 0 spiro atoms. The fourth-order valence-electron chi connectivity index (χ4n) is 7.57. The molecule has 1 atom stereocenters. The van der Waals surface area contributed by atoms with Crippen molar-refractivity contribution in [1.82, 2.24) is 19.8 Å². The van der Waals surface area contributed by atoms with E-state index in [-0.39, 0.29) is 53.8 Å². The molecule has 47 heavy (non-hydrogen) atoms. The minimum absolute atomic E-state index is 0.0102. The molecule has 0 bridgehead atoms.